The topological polar surface area (TPSA) is 37.4 Å². The highest BCUT2D eigenvalue weighted by atomic mass is 35.5. The maximum atomic E-state index is 13.9. The lowest BCUT2D eigenvalue weighted by Crippen LogP contribution is -2.27. The Kier molecular flexibility index (Phi) is 5.15. The highest BCUT2D eigenvalue weighted by molar-refractivity contribution is 6.30. The van der Waals surface area contributed by atoms with Gasteiger partial charge in [0.1, 0.15) is 11.6 Å². The fraction of sp³-hybridized carbons (Fsp3) is 0.375. The largest absolute Gasteiger partial charge is 0.497 e. The van der Waals surface area contributed by atoms with Gasteiger partial charge in [-0.2, -0.15) is 0 Å². The van der Waals surface area contributed by atoms with Crippen molar-refractivity contribution >= 4 is 33.9 Å². The fourth-order valence-electron chi connectivity index (χ4n) is 4.69. The van der Waals surface area contributed by atoms with E-state index in [0.717, 1.165) is 54.7 Å². The average molecular weight is 426 g/mol. The van der Waals surface area contributed by atoms with Gasteiger partial charge >= 0.3 is 0 Å². The zero-order valence-corrected chi connectivity index (χ0v) is 17.8. The molecule has 156 valence electrons. The predicted molar refractivity (Wildman–Crippen MR) is 121 cm³/mol. The van der Waals surface area contributed by atoms with E-state index in [9.17, 15) is 4.39 Å². The molecule has 4 nitrogen and oxygen atoms in total. The summed E-state index contributed by atoms with van der Waals surface area (Å²) >= 11 is 5.85. The molecule has 0 bridgehead atoms. The number of methoxy groups -OCH3 is 1. The quantitative estimate of drug-likeness (QED) is 0.589. The molecular formula is C24H25ClFN3O. The van der Waals surface area contributed by atoms with Gasteiger partial charge in [-0.15, -0.1) is 0 Å². The molecular weight excluding hydrogens is 401 g/mol. The molecule has 2 aliphatic rings. The van der Waals surface area contributed by atoms with Gasteiger partial charge in [-0.3, -0.25) is 4.98 Å². The van der Waals surface area contributed by atoms with Crippen molar-refractivity contribution < 1.29 is 9.13 Å². The molecule has 1 aliphatic carbocycles. The molecule has 1 saturated heterocycles. The highest BCUT2D eigenvalue weighted by Crippen LogP contribution is 2.36. The first-order valence-electron chi connectivity index (χ1n) is 10.6. The third kappa shape index (κ3) is 3.56. The monoisotopic (exact) mass is 425 g/mol. The van der Waals surface area contributed by atoms with Crippen LogP contribution in [0.4, 0.5) is 15.8 Å². The van der Waals surface area contributed by atoms with Crippen LogP contribution in [0.5, 0.6) is 5.75 Å². The van der Waals surface area contributed by atoms with Crippen LogP contribution in [0.1, 0.15) is 30.5 Å². The SMILES string of the molecule is COc1ccc2nc3c(c(NC4CCN(c5ccc(Cl)c(F)c5)C4)c2c1)CCCC3. The molecule has 0 saturated carbocycles. The lowest BCUT2D eigenvalue weighted by atomic mass is 9.92. The Morgan fingerprint density at radius 1 is 1.17 bits per heavy atom. The standard InChI is InChI=1S/C24H25ClFN3O/c1-30-17-7-9-23-19(13-17)24(18-4-2-3-5-22(18)28-23)27-15-10-11-29(14-15)16-6-8-20(25)21(26)12-16/h6-9,12-13,15H,2-5,10-11,14H2,1H3,(H,27,28). The lowest BCUT2D eigenvalue weighted by molar-refractivity contribution is 0.415. The van der Waals surface area contributed by atoms with E-state index >= 15 is 0 Å². The van der Waals surface area contributed by atoms with Gasteiger partial charge in [0, 0.05) is 41.6 Å². The number of hydrogen-bond donors (Lipinski definition) is 1. The minimum Gasteiger partial charge on any atom is -0.497 e. The highest BCUT2D eigenvalue weighted by Gasteiger charge is 2.26. The molecule has 1 N–H and O–H groups in total. The zero-order valence-electron chi connectivity index (χ0n) is 17.0. The molecule has 1 unspecified atom stereocenters. The van der Waals surface area contributed by atoms with Crippen molar-refractivity contribution in [1.29, 1.82) is 0 Å². The summed E-state index contributed by atoms with van der Waals surface area (Å²) in [6.07, 6.45) is 5.47. The number of nitrogens with one attached hydrogen (secondary N) is 1. The summed E-state index contributed by atoms with van der Waals surface area (Å²) in [6, 6.07) is 11.4. The Labute approximate surface area is 181 Å². The van der Waals surface area contributed by atoms with Gasteiger partial charge in [0.15, 0.2) is 0 Å². The van der Waals surface area contributed by atoms with Crippen LogP contribution in [0.3, 0.4) is 0 Å². The Balaban J connectivity index is 1.46. The van der Waals surface area contributed by atoms with Gasteiger partial charge in [0.2, 0.25) is 0 Å². The van der Waals surface area contributed by atoms with E-state index in [1.54, 1.807) is 13.2 Å². The van der Waals surface area contributed by atoms with Crippen molar-refractivity contribution in [1.82, 2.24) is 4.98 Å². The van der Waals surface area contributed by atoms with E-state index in [-0.39, 0.29) is 16.9 Å². The number of benzene rings is 2. The summed E-state index contributed by atoms with van der Waals surface area (Å²) in [7, 11) is 1.69. The Morgan fingerprint density at radius 3 is 2.87 bits per heavy atom. The first-order valence-corrected chi connectivity index (χ1v) is 11.0. The second kappa shape index (κ2) is 7.95. The first-order chi connectivity index (χ1) is 14.6. The fourth-order valence-corrected chi connectivity index (χ4v) is 4.81. The number of aromatic nitrogens is 1. The number of hydrogen-bond acceptors (Lipinski definition) is 4. The summed E-state index contributed by atoms with van der Waals surface area (Å²) in [5, 5.41) is 5.11. The van der Waals surface area contributed by atoms with Crippen molar-refractivity contribution in [2.75, 3.05) is 30.4 Å². The van der Waals surface area contributed by atoms with Crippen molar-refractivity contribution in [3.05, 3.63) is 58.5 Å². The number of rotatable bonds is 4. The normalized spacial score (nSPS) is 18.5. The molecule has 0 spiro atoms. The molecule has 1 atom stereocenters. The number of aryl methyl sites for hydroxylation is 1. The van der Waals surface area contributed by atoms with E-state index in [1.165, 1.54) is 35.9 Å². The average Bonchev–Trinajstić information content (AvgIpc) is 3.24. The van der Waals surface area contributed by atoms with Crippen molar-refractivity contribution in [3.8, 4) is 5.75 Å². The van der Waals surface area contributed by atoms with Gasteiger partial charge < -0.3 is 15.0 Å². The lowest BCUT2D eigenvalue weighted by Gasteiger charge is -2.25. The Bertz CT molecular complexity index is 1100. The number of anilines is 2. The van der Waals surface area contributed by atoms with Gasteiger partial charge in [-0.05, 0) is 74.1 Å². The van der Waals surface area contributed by atoms with Crippen molar-refractivity contribution in [2.24, 2.45) is 0 Å². The van der Waals surface area contributed by atoms with Crippen molar-refractivity contribution in [2.45, 2.75) is 38.1 Å². The Morgan fingerprint density at radius 2 is 2.03 bits per heavy atom. The third-order valence-electron chi connectivity index (χ3n) is 6.27. The summed E-state index contributed by atoms with van der Waals surface area (Å²) < 4.78 is 19.4. The van der Waals surface area contributed by atoms with Gasteiger partial charge in [0.25, 0.3) is 0 Å². The first kappa shape index (κ1) is 19.4. The van der Waals surface area contributed by atoms with Crippen LogP contribution in [0.15, 0.2) is 36.4 Å². The smallest absolute Gasteiger partial charge is 0.143 e. The Hall–Kier alpha value is -2.53. The van der Waals surface area contributed by atoms with Gasteiger partial charge in [-0.1, -0.05) is 11.6 Å². The van der Waals surface area contributed by atoms with Gasteiger partial charge in [-0.25, -0.2) is 4.39 Å². The third-order valence-corrected chi connectivity index (χ3v) is 6.58. The van der Waals surface area contributed by atoms with Crippen LogP contribution in [0.2, 0.25) is 5.02 Å². The molecule has 1 fully saturated rings. The van der Waals surface area contributed by atoms with E-state index in [4.69, 9.17) is 21.3 Å². The molecule has 5 rings (SSSR count). The summed E-state index contributed by atoms with van der Waals surface area (Å²) in [5.41, 5.74) is 5.65. The van der Waals surface area contributed by atoms with Crippen LogP contribution in [-0.4, -0.2) is 31.2 Å². The molecule has 0 amide bonds. The number of ether oxygens (including phenoxy) is 1. The summed E-state index contributed by atoms with van der Waals surface area (Å²) in [5.74, 6) is 0.472. The van der Waals surface area contributed by atoms with E-state index < -0.39 is 0 Å². The maximum Gasteiger partial charge on any atom is 0.143 e. The molecule has 1 aliphatic heterocycles. The van der Waals surface area contributed by atoms with Crippen LogP contribution >= 0.6 is 11.6 Å². The predicted octanol–water partition coefficient (Wildman–Crippen LogP) is 5.61. The van der Waals surface area contributed by atoms with Crippen LogP contribution in [0, 0.1) is 5.82 Å². The second-order valence-corrected chi connectivity index (χ2v) is 8.58. The van der Waals surface area contributed by atoms with Gasteiger partial charge in [0.05, 0.1) is 17.6 Å². The van der Waals surface area contributed by atoms with E-state index in [2.05, 4.69) is 16.3 Å². The number of halogens is 2. The number of nitrogens with zero attached hydrogens (tertiary/aromatic N) is 2. The van der Waals surface area contributed by atoms with Crippen molar-refractivity contribution in [3.63, 3.8) is 0 Å². The molecule has 2 heterocycles. The number of pyridine rings is 1. The van der Waals surface area contributed by atoms with Crippen LogP contribution in [-0.2, 0) is 12.8 Å². The minimum absolute atomic E-state index is 0.163. The zero-order chi connectivity index (χ0) is 20.7. The second-order valence-electron chi connectivity index (χ2n) is 8.18. The molecule has 2 aromatic carbocycles. The minimum atomic E-state index is -0.369. The summed E-state index contributed by atoms with van der Waals surface area (Å²) in [6.45, 7) is 1.71. The number of fused-ring (bicyclic) bond motifs is 2. The molecule has 6 heteroatoms. The van der Waals surface area contributed by atoms with Crippen LogP contribution in [0.25, 0.3) is 10.9 Å². The molecule has 3 aromatic rings. The molecule has 1 aromatic heterocycles. The van der Waals surface area contributed by atoms with Crippen LogP contribution < -0.4 is 15.0 Å². The summed E-state index contributed by atoms with van der Waals surface area (Å²) in [4.78, 5) is 7.16. The van der Waals surface area contributed by atoms with E-state index in [1.807, 2.05) is 18.2 Å². The van der Waals surface area contributed by atoms with E-state index in [0.29, 0.717) is 0 Å². The molecule has 30 heavy (non-hydrogen) atoms. The molecule has 0 radical (unpaired) electrons. The maximum absolute atomic E-state index is 13.9.